The molecule has 6 nitrogen and oxygen atoms in total. The molecule has 0 fully saturated rings. The first kappa shape index (κ1) is 32.2. The van der Waals surface area contributed by atoms with E-state index in [0.717, 1.165) is 29.8 Å². The summed E-state index contributed by atoms with van der Waals surface area (Å²) in [6.07, 6.45) is 14.1. The fourth-order valence-corrected chi connectivity index (χ4v) is 3.80. The Kier molecular flexibility index (Phi) is 15.8. The Morgan fingerprint density at radius 3 is 1.54 bits per heavy atom. The smallest absolute Gasteiger partial charge is 0.423 e. The second-order valence-electron chi connectivity index (χ2n) is 9.68. The molecular formula is C31H42B2N2O4. The van der Waals surface area contributed by atoms with Gasteiger partial charge in [-0.15, -0.1) is 0 Å². The maximum atomic E-state index is 9.00. The molecule has 0 bridgehead atoms. The lowest BCUT2D eigenvalue weighted by Crippen LogP contribution is -2.29. The van der Waals surface area contributed by atoms with Crippen molar-refractivity contribution in [1.29, 1.82) is 0 Å². The molecule has 0 unspecified atom stereocenters. The van der Waals surface area contributed by atoms with E-state index in [0.29, 0.717) is 10.9 Å². The zero-order valence-electron chi connectivity index (χ0n) is 23.3. The minimum atomic E-state index is -1.42. The van der Waals surface area contributed by atoms with Crippen LogP contribution in [0.1, 0.15) is 75.0 Å². The van der Waals surface area contributed by atoms with Gasteiger partial charge in [-0.05, 0) is 47.5 Å². The molecule has 0 radical (unpaired) electrons. The van der Waals surface area contributed by atoms with Crippen LogP contribution in [0.4, 0.5) is 5.69 Å². The number of hydrogen-bond acceptors (Lipinski definition) is 6. The van der Waals surface area contributed by atoms with Gasteiger partial charge in [-0.25, -0.2) is 0 Å². The summed E-state index contributed by atoms with van der Waals surface area (Å²) in [7, 11) is -2.82. The molecule has 3 aromatic carbocycles. The molecule has 0 spiro atoms. The molecule has 0 aromatic heterocycles. The molecule has 4 N–H and O–H groups in total. The van der Waals surface area contributed by atoms with Gasteiger partial charge in [-0.1, -0.05) is 118 Å². The molecule has 3 aromatic rings. The Morgan fingerprint density at radius 2 is 1.05 bits per heavy atom. The number of unbranched alkanes of at least 4 members (excludes halogenated alkanes) is 7. The SMILES string of the molecule is CCCCCCCCCCN=Cc1ccc(B(O)O)cc1.Cc1ccc(N=Cc2ccc(B(O)O)cc2)cc1. The van der Waals surface area contributed by atoms with Gasteiger partial charge in [-0.3, -0.25) is 9.98 Å². The largest absolute Gasteiger partial charge is 0.488 e. The highest BCUT2D eigenvalue weighted by atomic mass is 16.4. The Labute approximate surface area is 234 Å². The fraction of sp³-hybridized carbons (Fsp3) is 0.355. The number of aryl methyl sites for hydroxylation is 1. The van der Waals surface area contributed by atoms with Crippen LogP contribution in [0.3, 0.4) is 0 Å². The predicted molar refractivity (Wildman–Crippen MR) is 166 cm³/mol. The molecule has 0 saturated carbocycles. The van der Waals surface area contributed by atoms with Crippen molar-refractivity contribution in [3.63, 3.8) is 0 Å². The van der Waals surface area contributed by atoms with E-state index in [2.05, 4.69) is 16.9 Å². The molecule has 0 saturated heterocycles. The number of hydrogen-bond donors (Lipinski definition) is 4. The Hall–Kier alpha value is -3.03. The van der Waals surface area contributed by atoms with Gasteiger partial charge in [0.05, 0.1) is 5.69 Å². The third-order valence-electron chi connectivity index (χ3n) is 6.25. The van der Waals surface area contributed by atoms with Gasteiger partial charge in [0.1, 0.15) is 0 Å². The van der Waals surface area contributed by atoms with Crippen LogP contribution in [-0.2, 0) is 0 Å². The number of nitrogens with zero attached hydrogens (tertiary/aromatic N) is 2. The molecule has 206 valence electrons. The molecule has 3 rings (SSSR count). The van der Waals surface area contributed by atoms with Crippen molar-refractivity contribution < 1.29 is 20.1 Å². The topological polar surface area (TPSA) is 106 Å². The lowest BCUT2D eigenvalue weighted by molar-refractivity contribution is 0.424. The van der Waals surface area contributed by atoms with Crippen LogP contribution in [-0.4, -0.2) is 53.3 Å². The third kappa shape index (κ3) is 14.1. The fourth-order valence-electron chi connectivity index (χ4n) is 3.80. The van der Waals surface area contributed by atoms with Gasteiger partial charge in [0.25, 0.3) is 0 Å². The monoisotopic (exact) mass is 528 g/mol. The van der Waals surface area contributed by atoms with Gasteiger partial charge in [0, 0.05) is 19.0 Å². The molecule has 0 amide bonds. The molecular weight excluding hydrogens is 486 g/mol. The summed E-state index contributed by atoms with van der Waals surface area (Å²) in [6.45, 7) is 5.16. The summed E-state index contributed by atoms with van der Waals surface area (Å²) in [4.78, 5) is 8.76. The molecule has 0 heterocycles. The van der Waals surface area contributed by atoms with E-state index >= 15 is 0 Å². The summed E-state index contributed by atoms with van der Waals surface area (Å²) >= 11 is 0. The van der Waals surface area contributed by atoms with E-state index in [9.17, 15) is 0 Å². The third-order valence-corrected chi connectivity index (χ3v) is 6.25. The van der Waals surface area contributed by atoms with Gasteiger partial charge in [0.2, 0.25) is 0 Å². The maximum Gasteiger partial charge on any atom is 0.488 e. The van der Waals surface area contributed by atoms with Crippen LogP contribution in [0, 0.1) is 6.92 Å². The first-order valence-electron chi connectivity index (χ1n) is 13.9. The van der Waals surface area contributed by atoms with Crippen LogP contribution in [0.15, 0.2) is 82.8 Å². The number of rotatable bonds is 14. The zero-order valence-corrected chi connectivity index (χ0v) is 23.3. The normalized spacial score (nSPS) is 11.0. The van der Waals surface area contributed by atoms with Crippen LogP contribution in [0.5, 0.6) is 0 Å². The minimum Gasteiger partial charge on any atom is -0.423 e. The standard InChI is InChI=1S/C17H28BNO2.C14H14BNO2/c1-2-3-4-5-6-7-8-9-14-19-15-16-10-12-17(13-11-16)18(20)21;1-11-2-8-14(9-3-11)16-10-12-4-6-13(7-5-12)15(17)18/h10-13,15,20-21H,2-9,14H2,1H3;2-10,17-18H,1H3. The van der Waals surface area contributed by atoms with Gasteiger partial charge in [0.15, 0.2) is 0 Å². The van der Waals surface area contributed by atoms with Crippen molar-refractivity contribution in [3.8, 4) is 0 Å². The van der Waals surface area contributed by atoms with E-state index in [4.69, 9.17) is 20.1 Å². The summed E-state index contributed by atoms with van der Waals surface area (Å²) in [5.74, 6) is 0. The average molecular weight is 528 g/mol. The minimum absolute atomic E-state index is 0.475. The highest BCUT2D eigenvalue weighted by Gasteiger charge is 2.09. The van der Waals surface area contributed by atoms with Crippen LogP contribution < -0.4 is 10.9 Å². The van der Waals surface area contributed by atoms with Crippen molar-refractivity contribution in [1.82, 2.24) is 0 Å². The lowest BCUT2D eigenvalue weighted by atomic mass is 9.80. The van der Waals surface area contributed by atoms with Crippen molar-refractivity contribution in [2.45, 2.75) is 65.2 Å². The Bertz CT molecular complexity index is 1100. The predicted octanol–water partition coefficient (Wildman–Crippen LogP) is 4.35. The lowest BCUT2D eigenvalue weighted by Gasteiger charge is -2.00. The molecule has 0 aliphatic heterocycles. The second kappa shape index (κ2) is 19.1. The summed E-state index contributed by atoms with van der Waals surface area (Å²) in [5, 5.41) is 35.9. The van der Waals surface area contributed by atoms with Crippen LogP contribution in [0.2, 0.25) is 0 Å². The quantitative estimate of drug-likeness (QED) is 0.142. The first-order valence-corrected chi connectivity index (χ1v) is 13.9. The number of aliphatic imine (C=N–C) groups is 2. The maximum absolute atomic E-state index is 9.00. The average Bonchev–Trinajstić information content (AvgIpc) is 2.94. The van der Waals surface area contributed by atoms with E-state index in [1.165, 1.54) is 50.5 Å². The van der Waals surface area contributed by atoms with Crippen molar-refractivity contribution in [2.24, 2.45) is 9.98 Å². The summed E-state index contributed by atoms with van der Waals surface area (Å²) in [5.41, 5.74) is 5.00. The summed E-state index contributed by atoms with van der Waals surface area (Å²) in [6, 6.07) is 22.0. The van der Waals surface area contributed by atoms with Gasteiger partial charge in [-0.2, -0.15) is 0 Å². The van der Waals surface area contributed by atoms with Crippen LogP contribution in [0.25, 0.3) is 0 Å². The molecule has 8 heteroatoms. The van der Waals surface area contributed by atoms with Crippen molar-refractivity contribution in [3.05, 3.63) is 89.5 Å². The summed E-state index contributed by atoms with van der Waals surface area (Å²) < 4.78 is 0. The molecule has 0 aliphatic carbocycles. The molecule has 0 atom stereocenters. The molecule has 39 heavy (non-hydrogen) atoms. The van der Waals surface area contributed by atoms with E-state index < -0.39 is 14.2 Å². The van der Waals surface area contributed by atoms with E-state index in [1.807, 2.05) is 49.5 Å². The highest BCUT2D eigenvalue weighted by Crippen LogP contribution is 2.12. The second-order valence-corrected chi connectivity index (χ2v) is 9.68. The van der Waals surface area contributed by atoms with E-state index in [-0.39, 0.29) is 0 Å². The number of benzene rings is 3. The first-order chi connectivity index (χ1) is 18.9. The zero-order chi connectivity index (χ0) is 28.3. The van der Waals surface area contributed by atoms with Gasteiger partial charge >= 0.3 is 14.2 Å². The Morgan fingerprint density at radius 1 is 0.590 bits per heavy atom. The van der Waals surface area contributed by atoms with Gasteiger partial charge < -0.3 is 20.1 Å². The highest BCUT2D eigenvalue weighted by molar-refractivity contribution is 6.58. The Balaban J connectivity index is 0.000000276. The molecule has 0 aliphatic rings. The van der Waals surface area contributed by atoms with Crippen molar-refractivity contribution >= 4 is 43.3 Å². The van der Waals surface area contributed by atoms with Crippen molar-refractivity contribution in [2.75, 3.05) is 6.54 Å². The van der Waals surface area contributed by atoms with E-state index in [1.54, 1.807) is 42.6 Å². The van der Waals surface area contributed by atoms with Crippen LogP contribution >= 0.6 is 0 Å².